The van der Waals surface area contributed by atoms with Crippen LogP contribution in [0.3, 0.4) is 0 Å². The van der Waals surface area contributed by atoms with Gasteiger partial charge in [0.15, 0.2) is 0 Å². The van der Waals surface area contributed by atoms with Crippen LogP contribution in [0.25, 0.3) is 0 Å². The van der Waals surface area contributed by atoms with Crippen LogP contribution in [0.5, 0.6) is 0 Å². The van der Waals surface area contributed by atoms with Gasteiger partial charge in [0.05, 0.1) is 0 Å². The zero-order chi connectivity index (χ0) is 12.8. The molecule has 1 heterocycles. The molecular formula is C14H31N3. The van der Waals surface area contributed by atoms with Gasteiger partial charge in [-0.15, -0.1) is 0 Å². The summed E-state index contributed by atoms with van der Waals surface area (Å²) in [6, 6.07) is 1.46. The Kier molecular flexibility index (Phi) is 6.45. The maximum atomic E-state index is 3.39. The van der Waals surface area contributed by atoms with Crippen LogP contribution in [-0.4, -0.2) is 62.7 Å². The van der Waals surface area contributed by atoms with E-state index in [4.69, 9.17) is 0 Å². The lowest BCUT2D eigenvalue weighted by molar-refractivity contribution is 0.250. The van der Waals surface area contributed by atoms with Gasteiger partial charge in [0.25, 0.3) is 0 Å². The molecule has 0 aromatic rings. The first-order valence-electron chi connectivity index (χ1n) is 7.14. The minimum absolute atomic E-state index is 0.708. The van der Waals surface area contributed by atoms with Crippen molar-refractivity contribution in [3.05, 3.63) is 0 Å². The molecule has 0 aromatic carbocycles. The van der Waals surface area contributed by atoms with Crippen molar-refractivity contribution in [2.45, 2.75) is 45.2 Å². The first kappa shape index (κ1) is 14.9. The Morgan fingerprint density at radius 3 is 2.53 bits per heavy atom. The summed E-state index contributed by atoms with van der Waals surface area (Å²) in [6.07, 6.45) is 3.88. The van der Waals surface area contributed by atoms with Crippen LogP contribution < -0.4 is 5.32 Å². The molecule has 0 radical (unpaired) electrons. The summed E-state index contributed by atoms with van der Waals surface area (Å²) in [7, 11) is 6.49. The molecule has 17 heavy (non-hydrogen) atoms. The monoisotopic (exact) mass is 241 g/mol. The molecule has 1 N–H and O–H groups in total. The van der Waals surface area contributed by atoms with Crippen molar-refractivity contribution in [2.75, 3.05) is 40.8 Å². The highest BCUT2D eigenvalue weighted by molar-refractivity contribution is 4.86. The fourth-order valence-corrected chi connectivity index (χ4v) is 3.02. The molecular weight excluding hydrogens is 210 g/mol. The summed E-state index contributed by atoms with van der Waals surface area (Å²) in [5.41, 5.74) is 0. The summed E-state index contributed by atoms with van der Waals surface area (Å²) in [5.74, 6) is 0.816. The van der Waals surface area contributed by atoms with Crippen LogP contribution in [-0.2, 0) is 0 Å². The molecule has 3 atom stereocenters. The number of rotatable bonds is 7. The molecule has 0 amide bonds. The standard InChI is InChI=1S/C14H31N3/c1-6-13(15-3)8-7-9-17-10-12(2)14(11-17)16(4)5/h12-15H,6-11H2,1-5H3. The van der Waals surface area contributed by atoms with E-state index < -0.39 is 0 Å². The van der Waals surface area contributed by atoms with Gasteiger partial charge < -0.3 is 15.1 Å². The van der Waals surface area contributed by atoms with Crippen LogP contribution in [0.4, 0.5) is 0 Å². The summed E-state index contributed by atoms with van der Waals surface area (Å²) in [5, 5.41) is 3.39. The Labute approximate surface area is 108 Å². The Bertz CT molecular complexity index is 202. The molecule has 3 unspecified atom stereocenters. The minimum Gasteiger partial charge on any atom is -0.317 e. The van der Waals surface area contributed by atoms with E-state index in [9.17, 15) is 0 Å². The quantitative estimate of drug-likeness (QED) is 0.731. The van der Waals surface area contributed by atoms with Crippen molar-refractivity contribution in [3.8, 4) is 0 Å². The van der Waals surface area contributed by atoms with Crippen LogP contribution in [0.15, 0.2) is 0 Å². The molecule has 3 nitrogen and oxygen atoms in total. The van der Waals surface area contributed by atoms with Crippen molar-refractivity contribution >= 4 is 0 Å². The van der Waals surface area contributed by atoms with Gasteiger partial charge in [-0.05, 0) is 52.9 Å². The van der Waals surface area contributed by atoms with Gasteiger partial charge in [-0.1, -0.05) is 13.8 Å². The van der Waals surface area contributed by atoms with E-state index in [1.807, 2.05) is 0 Å². The molecule has 0 aromatic heterocycles. The number of likely N-dealkylation sites (tertiary alicyclic amines) is 1. The maximum absolute atomic E-state index is 3.39. The zero-order valence-corrected chi connectivity index (χ0v) is 12.4. The summed E-state index contributed by atoms with van der Waals surface area (Å²) >= 11 is 0. The van der Waals surface area contributed by atoms with E-state index in [1.54, 1.807) is 0 Å². The Morgan fingerprint density at radius 1 is 1.35 bits per heavy atom. The second kappa shape index (κ2) is 7.34. The van der Waals surface area contributed by atoms with E-state index in [0.29, 0.717) is 6.04 Å². The second-order valence-corrected chi connectivity index (χ2v) is 5.80. The highest BCUT2D eigenvalue weighted by Crippen LogP contribution is 2.20. The number of hydrogen-bond acceptors (Lipinski definition) is 3. The third-order valence-corrected chi connectivity index (χ3v) is 4.24. The topological polar surface area (TPSA) is 18.5 Å². The SMILES string of the molecule is CCC(CCCN1CC(C)C(N(C)C)C1)NC. The number of likely N-dealkylation sites (N-methyl/N-ethyl adjacent to an activating group) is 1. The highest BCUT2D eigenvalue weighted by Gasteiger charge is 2.30. The van der Waals surface area contributed by atoms with E-state index in [0.717, 1.165) is 12.0 Å². The third kappa shape index (κ3) is 4.57. The van der Waals surface area contributed by atoms with Crippen LogP contribution in [0.2, 0.25) is 0 Å². The smallest absolute Gasteiger partial charge is 0.0254 e. The van der Waals surface area contributed by atoms with Crippen molar-refractivity contribution < 1.29 is 0 Å². The molecule has 1 saturated heterocycles. The van der Waals surface area contributed by atoms with Gasteiger partial charge in [0.2, 0.25) is 0 Å². The molecule has 1 rings (SSSR count). The van der Waals surface area contributed by atoms with Crippen LogP contribution >= 0.6 is 0 Å². The molecule has 1 aliphatic heterocycles. The molecule has 1 fully saturated rings. The molecule has 3 heteroatoms. The zero-order valence-electron chi connectivity index (χ0n) is 12.4. The number of hydrogen-bond donors (Lipinski definition) is 1. The Morgan fingerprint density at radius 2 is 2.06 bits per heavy atom. The van der Waals surface area contributed by atoms with Gasteiger partial charge >= 0.3 is 0 Å². The van der Waals surface area contributed by atoms with Gasteiger partial charge in [0, 0.05) is 25.2 Å². The fourth-order valence-electron chi connectivity index (χ4n) is 3.02. The van der Waals surface area contributed by atoms with Crippen LogP contribution in [0.1, 0.15) is 33.1 Å². The Hall–Kier alpha value is -0.120. The minimum atomic E-state index is 0.708. The molecule has 102 valence electrons. The summed E-state index contributed by atoms with van der Waals surface area (Å²) in [6.45, 7) is 8.45. The molecule has 0 bridgehead atoms. The average Bonchev–Trinajstić information content (AvgIpc) is 2.66. The number of nitrogens with one attached hydrogen (secondary N) is 1. The first-order valence-corrected chi connectivity index (χ1v) is 7.14. The predicted molar refractivity (Wildman–Crippen MR) is 75.5 cm³/mol. The molecule has 0 aliphatic carbocycles. The van der Waals surface area contributed by atoms with E-state index >= 15 is 0 Å². The average molecular weight is 241 g/mol. The predicted octanol–water partition coefficient (Wildman–Crippen LogP) is 1.65. The maximum Gasteiger partial charge on any atom is 0.0254 e. The largest absolute Gasteiger partial charge is 0.317 e. The lowest BCUT2D eigenvalue weighted by atomic mass is 10.1. The van der Waals surface area contributed by atoms with E-state index in [-0.39, 0.29) is 0 Å². The molecule has 0 saturated carbocycles. The van der Waals surface area contributed by atoms with Crippen molar-refractivity contribution in [3.63, 3.8) is 0 Å². The lowest BCUT2D eigenvalue weighted by Crippen LogP contribution is -2.34. The van der Waals surface area contributed by atoms with Gasteiger partial charge in [-0.2, -0.15) is 0 Å². The van der Waals surface area contributed by atoms with Crippen molar-refractivity contribution in [1.29, 1.82) is 0 Å². The van der Waals surface area contributed by atoms with E-state index in [2.05, 4.69) is 50.1 Å². The summed E-state index contributed by atoms with van der Waals surface area (Å²) < 4.78 is 0. The van der Waals surface area contributed by atoms with Gasteiger partial charge in [-0.25, -0.2) is 0 Å². The van der Waals surface area contributed by atoms with E-state index in [1.165, 1.54) is 38.9 Å². The van der Waals surface area contributed by atoms with Crippen molar-refractivity contribution in [1.82, 2.24) is 15.1 Å². The highest BCUT2D eigenvalue weighted by atomic mass is 15.2. The van der Waals surface area contributed by atoms with Crippen LogP contribution in [0, 0.1) is 5.92 Å². The first-order chi connectivity index (χ1) is 8.08. The fraction of sp³-hybridized carbons (Fsp3) is 1.00. The molecule has 0 spiro atoms. The normalized spacial score (nSPS) is 27.9. The van der Waals surface area contributed by atoms with Gasteiger partial charge in [-0.3, -0.25) is 0 Å². The van der Waals surface area contributed by atoms with Crippen molar-refractivity contribution in [2.24, 2.45) is 5.92 Å². The number of nitrogens with zero attached hydrogens (tertiary/aromatic N) is 2. The summed E-state index contributed by atoms with van der Waals surface area (Å²) in [4.78, 5) is 5.02. The van der Waals surface area contributed by atoms with Gasteiger partial charge in [0.1, 0.15) is 0 Å². The molecule has 1 aliphatic rings. The lowest BCUT2D eigenvalue weighted by Gasteiger charge is -2.22. The third-order valence-electron chi connectivity index (χ3n) is 4.24. The second-order valence-electron chi connectivity index (χ2n) is 5.80. The Balaban J connectivity index is 2.21.